The first kappa shape index (κ1) is 16.9. The number of rotatable bonds is 5. The quantitative estimate of drug-likeness (QED) is 0.482. The molecular formula is C17H17Br2ClO. The molecule has 1 atom stereocenters. The minimum atomic E-state index is -0.182. The van der Waals surface area contributed by atoms with Crippen LogP contribution in [0.3, 0.4) is 0 Å². The van der Waals surface area contributed by atoms with Crippen molar-refractivity contribution in [3.63, 3.8) is 0 Å². The number of ether oxygens (including phenoxy) is 1. The SMILES string of the molecule is CCCOc1ccc(C(Cl)c2ccc(C)c(Br)c2)cc1Br. The predicted molar refractivity (Wildman–Crippen MR) is 96.5 cm³/mol. The highest BCUT2D eigenvalue weighted by Crippen LogP contribution is 2.35. The van der Waals surface area contributed by atoms with Gasteiger partial charge in [0.05, 0.1) is 16.5 Å². The summed E-state index contributed by atoms with van der Waals surface area (Å²) in [5.41, 5.74) is 3.32. The van der Waals surface area contributed by atoms with Crippen molar-refractivity contribution in [2.45, 2.75) is 25.6 Å². The molecule has 0 amide bonds. The number of benzene rings is 2. The lowest BCUT2D eigenvalue weighted by Crippen LogP contribution is -1.98. The van der Waals surface area contributed by atoms with E-state index in [1.54, 1.807) is 0 Å². The van der Waals surface area contributed by atoms with Gasteiger partial charge in [-0.3, -0.25) is 0 Å². The van der Waals surface area contributed by atoms with E-state index in [2.05, 4.69) is 63.9 Å². The van der Waals surface area contributed by atoms with Gasteiger partial charge < -0.3 is 4.74 Å². The van der Waals surface area contributed by atoms with E-state index in [0.717, 1.165) is 32.2 Å². The Kier molecular flexibility index (Phi) is 6.15. The van der Waals surface area contributed by atoms with E-state index in [1.165, 1.54) is 5.56 Å². The van der Waals surface area contributed by atoms with Crippen LogP contribution in [0.25, 0.3) is 0 Å². The van der Waals surface area contributed by atoms with Crippen molar-refractivity contribution in [3.8, 4) is 5.75 Å². The van der Waals surface area contributed by atoms with Gasteiger partial charge in [-0.2, -0.15) is 0 Å². The van der Waals surface area contributed by atoms with Gasteiger partial charge in [0.1, 0.15) is 5.75 Å². The van der Waals surface area contributed by atoms with E-state index in [1.807, 2.05) is 18.2 Å². The van der Waals surface area contributed by atoms with Crippen LogP contribution in [0.2, 0.25) is 0 Å². The molecule has 112 valence electrons. The van der Waals surface area contributed by atoms with Gasteiger partial charge in [0, 0.05) is 4.47 Å². The van der Waals surface area contributed by atoms with Crippen LogP contribution < -0.4 is 4.74 Å². The standard InChI is InChI=1S/C17H17Br2ClO/c1-3-8-21-16-7-6-13(10-15(16)19)17(20)12-5-4-11(2)14(18)9-12/h4-7,9-10,17H,3,8H2,1-2H3. The molecule has 0 heterocycles. The third kappa shape index (κ3) is 4.24. The van der Waals surface area contributed by atoms with Crippen LogP contribution in [0, 0.1) is 6.92 Å². The molecule has 0 bridgehead atoms. The first-order valence-electron chi connectivity index (χ1n) is 6.85. The van der Waals surface area contributed by atoms with Crippen LogP contribution in [-0.2, 0) is 0 Å². The topological polar surface area (TPSA) is 9.23 Å². The fourth-order valence-corrected chi connectivity index (χ4v) is 3.14. The summed E-state index contributed by atoms with van der Waals surface area (Å²) < 4.78 is 7.68. The van der Waals surface area contributed by atoms with Gasteiger partial charge in [0.2, 0.25) is 0 Å². The van der Waals surface area contributed by atoms with Crippen molar-refractivity contribution in [2.75, 3.05) is 6.61 Å². The predicted octanol–water partition coefficient (Wildman–Crippen LogP) is 6.64. The van der Waals surface area contributed by atoms with Gasteiger partial charge in [-0.05, 0) is 64.2 Å². The largest absolute Gasteiger partial charge is 0.492 e. The number of halogens is 3. The molecule has 0 aliphatic rings. The molecule has 1 unspecified atom stereocenters. The maximum Gasteiger partial charge on any atom is 0.133 e. The number of aryl methyl sites for hydroxylation is 1. The van der Waals surface area contributed by atoms with Gasteiger partial charge in [0.25, 0.3) is 0 Å². The Morgan fingerprint density at radius 3 is 2.24 bits per heavy atom. The van der Waals surface area contributed by atoms with Crippen LogP contribution >= 0.6 is 43.5 Å². The third-order valence-electron chi connectivity index (χ3n) is 3.20. The van der Waals surface area contributed by atoms with Crippen molar-refractivity contribution in [1.82, 2.24) is 0 Å². The zero-order valence-corrected chi connectivity index (χ0v) is 15.9. The minimum Gasteiger partial charge on any atom is -0.492 e. The van der Waals surface area contributed by atoms with Crippen molar-refractivity contribution in [1.29, 1.82) is 0 Å². The van der Waals surface area contributed by atoms with E-state index in [0.29, 0.717) is 6.61 Å². The van der Waals surface area contributed by atoms with Crippen LogP contribution in [0.15, 0.2) is 45.3 Å². The summed E-state index contributed by atoms with van der Waals surface area (Å²) in [4.78, 5) is 0. The molecule has 0 aliphatic heterocycles. The van der Waals surface area contributed by atoms with Crippen molar-refractivity contribution in [2.24, 2.45) is 0 Å². The second kappa shape index (κ2) is 7.66. The van der Waals surface area contributed by atoms with Gasteiger partial charge in [-0.25, -0.2) is 0 Å². The summed E-state index contributed by atoms with van der Waals surface area (Å²) in [5.74, 6) is 0.856. The first-order valence-corrected chi connectivity index (χ1v) is 8.87. The summed E-state index contributed by atoms with van der Waals surface area (Å²) in [6.45, 7) is 4.87. The molecule has 1 nitrogen and oxygen atoms in total. The Morgan fingerprint density at radius 2 is 1.67 bits per heavy atom. The molecule has 0 fully saturated rings. The zero-order valence-electron chi connectivity index (χ0n) is 12.0. The second-order valence-corrected chi connectivity index (χ2v) is 7.05. The molecule has 0 spiro atoms. The maximum absolute atomic E-state index is 6.60. The Hall–Kier alpha value is -0.510. The monoisotopic (exact) mass is 430 g/mol. The van der Waals surface area contributed by atoms with E-state index in [4.69, 9.17) is 16.3 Å². The van der Waals surface area contributed by atoms with Gasteiger partial charge in [0.15, 0.2) is 0 Å². The van der Waals surface area contributed by atoms with Crippen LogP contribution in [0.4, 0.5) is 0 Å². The first-order chi connectivity index (χ1) is 10.0. The summed E-state index contributed by atoms with van der Waals surface area (Å²) in [6, 6.07) is 12.2. The molecule has 0 aromatic heterocycles. The van der Waals surface area contributed by atoms with Crippen LogP contribution in [-0.4, -0.2) is 6.61 Å². The fraction of sp³-hybridized carbons (Fsp3) is 0.294. The highest BCUT2D eigenvalue weighted by Gasteiger charge is 2.14. The Labute approximate surface area is 147 Å². The highest BCUT2D eigenvalue weighted by atomic mass is 79.9. The second-order valence-electron chi connectivity index (χ2n) is 4.91. The van der Waals surface area contributed by atoms with E-state index < -0.39 is 0 Å². The van der Waals surface area contributed by atoms with E-state index >= 15 is 0 Å². The Balaban J connectivity index is 2.24. The molecular weight excluding hydrogens is 415 g/mol. The van der Waals surface area contributed by atoms with Gasteiger partial charge in [-0.1, -0.05) is 41.1 Å². The number of hydrogen-bond donors (Lipinski definition) is 0. The molecule has 2 rings (SSSR count). The lowest BCUT2D eigenvalue weighted by molar-refractivity contribution is 0.315. The molecule has 21 heavy (non-hydrogen) atoms. The minimum absolute atomic E-state index is 0.182. The Morgan fingerprint density at radius 1 is 1.05 bits per heavy atom. The zero-order chi connectivity index (χ0) is 15.4. The average Bonchev–Trinajstić information content (AvgIpc) is 2.48. The average molecular weight is 433 g/mol. The lowest BCUT2D eigenvalue weighted by Gasteiger charge is -2.14. The van der Waals surface area contributed by atoms with Gasteiger partial charge in [-0.15, -0.1) is 11.6 Å². The van der Waals surface area contributed by atoms with E-state index in [-0.39, 0.29) is 5.38 Å². The molecule has 0 saturated heterocycles. The van der Waals surface area contributed by atoms with Crippen molar-refractivity contribution in [3.05, 3.63) is 62.0 Å². The molecule has 4 heteroatoms. The fourth-order valence-electron chi connectivity index (χ4n) is 1.96. The molecule has 2 aromatic carbocycles. The highest BCUT2D eigenvalue weighted by molar-refractivity contribution is 9.10. The molecule has 0 saturated carbocycles. The normalized spacial score (nSPS) is 12.2. The lowest BCUT2D eigenvalue weighted by atomic mass is 10.0. The van der Waals surface area contributed by atoms with E-state index in [9.17, 15) is 0 Å². The number of hydrogen-bond acceptors (Lipinski definition) is 1. The molecule has 0 aliphatic carbocycles. The summed E-state index contributed by atoms with van der Waals surface area (Å²) in [6.07, 6.45) is 0.990. The third-order valence-corrected chi connectivity index (χ3v) is 5.18. The van der Waals surface area contributed by atoms with Gasteiger partial charge >= 0.3 is 0 Å². The molecule has 0 N–H and O–H groups in total. The maximum atomic E-state index is 6.60. The van der Waals surface area contributed by atoms with Crippen LogP contribution in [0.1, 0.15) is 35.4 Å². The summed E-state index contributed by atoms with van der Waals surface area (Å²) in [5, 5.41) is -0.182. The van der Waals surface area contributed by atoms with Crippen LogP contribution in [0.5, 0.6) is 5.75 Å². The molecule has 2 aromatic rings. The number of alkyl halides is 1. The smallest absolute Gasteiger partial charge is 0.133 e. The summed E-state index contributed by atoms with van der Waals surface area (Å²) >= 11 is 13.7. The van der Waals surface area contributed by atoms with Crippen molar-refractivity contribution >= 4 is 43.5 Å². The molecule has 0 radical (unpaired) electrons. The summed E-state index contributed by atoms with van der Waals surface area (Å²) in [7, 11) is 0. The Bertz CT molecular complexity index is 628. The van der Waals surface area contributed by atoms with Crippen molar-refractivity contribution < 1.29 is 4.74 Å².